The molecule has 4 N–H and O–H groups in total. The van der Waals surface area contributed by atoms with Crippen LogP contribution in [0.3, 0.4) is 0 Å². The number of aromatic nitrogens is 2. The van der Waals surface area contributed by atoms with Crippen LogP contribution in [0.25, 0.3) is 9.69 Å². The molecule has 438 valence electrons. The summed E-state index contributed by atoms with van der Waals surface area (Å²) in [5.74, 6) is -1.03. The predicted octanol–water partition coefficient (Wildman–Crippen LogP) is 7.14. The van der Waals surface area contributed by atoms with Gasteiger partial charge in [0.1, 0.15) is 27.8 Å². The maximum Gasteiger partial charge on any atom is 0.414 e. The Morgan fingerprint density at radius 2 is 1.06 bits per heavy atom. The second-order valence-electron chi connectivity index (χ2n) is 22.7. The molecule has 10 heterocycles. The summed E-state index contributed by atoms with van der Waals surface area (Å²) >= 11 is 7.86. The number of likely N-dealkylation sites (tertiary alicyclic amines) is 2. The maximum atomic E-state index is 14.0. The average molecular weight is 1250 g/mol. The molecule has 82 heavy (non-hydrogen) atoms. The molecule has 0 spiro atoms. The van der Waals surface area contributed by atoms with Crippen LogP contribution < -0.4 is 21.3 Å². The van der Waals surface area contributed by atoms with Crippen LogP contribution in [0.15, 0.2) is 53.8 Å². The number of carbonyl (C=O) groups is 5. The van der Waals surface area contributed by atoms with Gasteiger partial charge >= 0.3 is 12.2 Å². The number of anilines is 1. The lowest BCUT2D eigenvalue weighted by Crippen LogP contribution is -2.56. The second-order valence-corrected chi connectivity index (χ2v) is 26.3. The zero-order valence-corrected chi connectivity index (χ0v) is 51.6. The molecule has 0 saturated carbocycles. The summed E-state index contributed by atoms with van der Waals surface area (Å²) in [6, 6.07) is 5.55. The van der Waals surface area contributed by atoms with Crippen molar-refractivity contribution >= 4 is 115 Å². The second kappa shape index (κ2) is 23.3. The number of likely N-dealkylation sites (N-methyl/N-ethyl adjacent to an activating group) is 2. The van der Waals surface area contributed by atoms with Crippen molar-refractivity contribution in [2.75, 3.05) is 79.4 Å². The molecule has 4 aromatic rings. The lowest BCUT2D eigenvalue weighted by Gasteiger charge is -2.38. The molecule has 6 aliphatic rings. The molecule has 23 nitrogen and oxygen atoms in total. The predicted molar refractivity (Wildman–Crippen MR) is 313 cm³/mol. The van der Waals surface area contributed by atoms with Crippen LogP contribution in [0, 0.1) is 50.6 Å². The Labute approximate surface area is 494 Å². The van der Waals surface area contributed by atoms with Crippen LogP contribution >= 0.6 is 49.9 Å². The first kappa shape index (κ1) is 62.6. The first-order chi connectivity index (χ1) is 37.8. The number of fused-ring (bicyclic) bond motifs is 3. The van der Waals surface area contributed by atoms with Gasteiger partial charge in [0, 0.05) is 78.4 Å². The highest BCUT2D eigenvalue weighted by Crippen LogP contribution is 2.50. The summed E-state index contributed by atoms with van der Waals surface area (Å²) in [4.78, 5) is 106. The van der Waals surface area contributed by atoms with Crippen LogP contribution in [0.2, 0.25) is 0 Å². The number of amides is 5. The van der Waals surface area contributed by atoms with Crippen molar-refractivity contribution < 1.29 is 42.5 Å². The molecule has 0 radical (unpaired) electrons. The number of aryl methyl sites for hydroxylation is 2. The highest BCUT2D eigenvalue weighted by atomic mass is 79.9. The Morgan fingerprint density at radius 3 is 1.45 bits per heavy atom. The van der Waals surface area contributed by atoms with Crippen molar-refractivity contribution in [3.8, 4) is 0 Å². The Kier molecular flexibility index (Phi) is 17.8. The van der Waals surface area contributed by atoms with Gasteiger partial charge in [-0.25, -0.2) is 48.6 Å². The zero-order valence-electron chi connectivity index (χ0n) is 47.6. The molecule has 0 unspecified atom stereocenters. The van der Waals surface area contributed by atoms with Crippen molar-refractivity contribution in [1.29, 1.82) is 0 Å². The molecule has 0 aliphatic carbocycles. The standard InChI is InChI=1S/C18H18FN7OS.C18H23N5O3S.C17H23BrN4O3S.FH/c1-9-14(19)10(2)23-17(22-9)26-6-12-15(27)25(4)16(20)24-18(12,8-26)13-5-11(21-3)7-28-13;1-17(2,3)26-16(25)20-15-21-18(13-7-11(19-4)9-27-13)10-22(5)8-12(18)14(24)23(15)6;1-16(2,3)25-15(24)19-14-20-17(12-6-10(18)8-26-12)9-21(4)7-11(17)13(23)22(14)5;/h5,7,12H,6,8H2,1-2,4H3,(H2,20,24);7,9,12H,8,10H2,1-3,5-6H3,(H,20,21,25);6,8,11H,7,9H2,1-5H3,(H,19,20,24);1H/t2*12-,18-;11-,17-;/m000./s1. The molecule has 3 fully saturated rings. The molecule has 5 amide bonds. The molecule has 6 atom stereocenters. The molecule has 0 aromatic carbocycles. The van der Waals surface area contributed by atoms with Gasteiger partial charge in [-0.2, -0.15) is 22.7 Å². The topological polar surface area (TPSA) is 245 Å². The fourth-order valence-electron chi connectivity index (χ4n) is 10.6. The van der Waals surface area contributed by atoms with Crippen molar-refractivity contribution in [2.45, 2.75) is 83.2 Å². The quantitative estimate of drug-likeness (QED) is 0.172. The number of nitrogens with zero attached hydrogens (tertiary/aromatic N) is 13. The van der Waals surface area contributed by atoms with E-state index in [4.69, 9.17) is 43.3 Å². The molecular weight excluding hydrogens is 1190 g/mol. The van der Waals surface area contributed by atoms with Crippen molar-refractivity contribution in [3.63, 3.8) is 0 Å². The third-order valence-corrected chi connectivity index (χ3v) is 18.3. The fourth-order valence-corrected chi connectivity index (χ4v) is 14.3. The monoisotopic (exact) mass is 1250 g/mol. The van der Waals surface area contributed by atoms with Gasteiger partial charge in [0.25, 0.3) is 0 Å². The minimum Gasteiger partial charge on any atom is -0.444 e. The number of carbonyl (C=O) groups excluding carboxylic acids is 5. The third kappa shape index (κ3) is 12.2. The number of ether oxygens (including phenoxy) is 2. The van der Waals surface area contributed by atoms with Crippen molar-refractivity contribution in [3.05, 3.63) is 93.5 Å². The Morgan fingerprint density at radius 1 is 0.671 bits per heavy atom. The van der Waals surface area contributed by atoms with Gasteiger partial charge < -0.3 is 29.9 Å². The number of hydrogen-bond acceptors (Lipinski definition) is 19. The van der Waals surface area contributed by atoms with E-state index in [9.17, 15) is 28.4 Å². The number of halogens is 3. The van der Waals surface area contributed by atoms with Gasteiger partial charge in [-0.3, -0.25) is 44.4 Å². The maximum absolute atomic E-state index is 14.0. The first-order valence-electron chi connectivity index (χ1n) is 25.5. The third-order valence-electron chi connectivity index (χ3n) is 14.3. The average Bonchev–Trinajstić information content (AvgIpc) is 1.85. The Balaban J connectivity index is 0.000000176. The highest BCUT2D eigenvalue weighted by Gasteiger charge is 2.59. The fraction of sp³-hybridized carbons (Fsp3) is 0.509. The van der Waals surface area contributed by atoms with Crippen LogP contribution in [0.1, 0.15) is 67.6 Å². The first-order valence-corrected chi connectivity index (χ1v) is 28.9. The molecule has 4 aromatic heterocycles. The lowest BCUT2D eigenvalue weighted by molar-refractivity contribution is -0.133. The van der Waals surface area contributed by atoms with E-state index in [1.54, 1.807) is 111 Å². The molecule has 10 rings (SSSR count). The highest BCUT2D eigenvalue weighted by molar-refractivity contribution is 9.10. The van der Waals surface area contributed by atoms with E-state index in [1.807, 2.05) is 35.3 Å². The molecule has 29 heteroatoms. The van der Waals surface area contributed by atoms with Gasteiger partial charge in [0.05, 0.1) is 48.8 Å². The van der Waals surface area contributed by atoms with Gasteiger partial charge in [-0.05, 0) is 114 Å². The summed E-state index contributed by atoms with van der Waals surface area (Å²) in [6.07, 6.45) is -1.28. The molecule has 6 aliphatic heterocycles. The lowest BCUT2D eigenvalue weighted by atomic mass is 9.83. The normalized spacial score (nSPS) is 25.1. The number of alkyl carbamates (subject to hydrolysis) is 2. The van der Waals surface area contributed by atoms with Crippen molar-refractivity contribution in [1.82, 2.24) is 45.1 Å². The number of nitrogens with one attached hydrogen (secondary N) is 2. The van der Waals surface area contributed by atoms with E-state index in [0.717, 1.165) is 19.1 Å². The summed E-state index contributed by atoms with van der Waals surface area (Å²) < 4.78 is 25.5. The number of aliphatic imine (C=N–C) groups is 3. The van der Waals surface area contributed by atoms with E-state index in [0.29, 0.717) is 56.6 Å². The largest absolute Gasteiger partial charge is 0.444 e. The van der Waals surface area contributed by atoms with E-state index < -0.39 is 51.7 Å². The molecule has 0 bridgehead atoms. The zero-order chi connectivity index (χ0) is 59.5. The number of thiophene rings is 3. The smallest absolute Gasteiger partial charge is 0.414 e. The summed E-state index contributed by atoms with van der Waals surface area (Å²) in [5.41, 5.74) is 3.86. The Hall–Kier alpha value is -7.02. The van der Waals surface area contributed by atoms with Crippen molar-refractivity contribution in [2.24, 2.45) is 38.5 Å². The number of hydrogen-bond donors (Lipinski definition) is 3. The Bertz CT molecular complexity index is 3360. The summed E-state index contributed by atoms with van der Waals surface area (Å²) in [7, 11) is 8.74. The van der Waals surface area contributed by atoms with Gasteiger partial charge in [-0.15, -0.1) is 11.3 Å². The van der Waals surface area contributed by atoms with E-state index in [-0.39, 0.29) is 63.5 Å². The number of nitrogens with two attached hydrogens (primary N) is 1. The van der Waals surface area contributed by atoms with Gasteiger partial charge in [0.15, 0.2) is 23.2 Å². The van der Waals surface area contributed by atoms with Gasteiger partial charge in [0.2, 0.25) is 35.6 Å². The summed E-state index contributed by atoms with van der Waals surface area (Å²) in [5, 5.41) is 10.8. The number of rotatable bonds is 4. The van der Waals surface area contributed by atoms with E-state index >= 15 is 0 Å². The van der Waals surface area contributed by atoms with E-state index in [2.05, 4.69) is 51.1 Å². The van der Waals surface area contributed by atoms with Crippen LogP contribution in [-0.2, 0) is 40.5 Å². The van der Waals surface area contributed by atoms with E-state index in [1.165, 1.54) is 37.4 Å². The SMILES string of the molecule is CN1C[C@H]2C(=O)N(C)C(NC(=O)OC(C)(C)C)=N[C@@]2(c2cc(Br)cs2)C1.F.[C-]#[N+]c1csc([C@]23CN(C)C[C@H]2C(=O)N(C)C(NC(=O)OC(C)(C)C)=N3)c1.[C-]#[N+]c1csc([C@]23CN(c4nc(C)c(F)c(C)n4)C[C@H]2C(=O)N(C)C(N)=N3)c1. The minimum absolute atomic E-state index is 0. The van der Waals surface area contributed by atoms with Crippen LogP contribution in [0.4, 0.5) is 36.0 Å². The summed E-state index contributed by atoms with van der Waals surface area (Å²) in [6.45, 7) is 31.3. The molecular formula is C53H65BrF2N16O7S3. The minimum atomic E-state index is -0.916. The molecule has 3 saturated heterocycles. The van der Waals surface area contributed by atoms with Crippen LogP contribution in [-0.4, -0.2) is 168 Å². The number of guanidine groups is 3. The van der Waals surface area contributed by atoms with Crippen LogP contribution in [0.5, 0.6) is 0 Å². The van der Waals surface area contributed by atoms with Gasteiger partial charge in [-0.1, -0.05) is 0 Å².